The van der Waals surface area contributed by atoms with E-state index >= 15 is 0 Å². The second-order valence-corrected chi connectivity index (χ2v) is 9.80. The lowest BCUT2D eigenvalue weighted by atomic mass is 10.0. The molecule has 3 aromatic rings. The smallest absolute Gasteiger partial charge is 0.247 e. The quantitative estimate of drug-likeness (QED) is 0.426. The van der Waals surface area contributed by atoms with E-state index in [9.17, 15) is 9.59 Å². The van der Waals surface area contributed by atoms with Crippen LogP contribution in [0.25, 0.3) is 0 Å². The van der Waals surface area contributed by atoms with E-state index in [0.29, 0.717) is 23.6 Å². The topological polar surface area (TPSA) is 67.9 Å². The van der Waals surface area contributed by atoms with Crippen molar-refractivity contribution in [2.24, 2.45) is 0 Å². The van der Waals surface area contributed by atoms with Crippen molar-refractivity contribution < 1.29 is 19.1 Å². The Hall–Kier alpha value is -3.32. The van der Waals surface area contributed by atoms with Gasteiger partial charge in [0.05, 0.1) is 20.6 Å². The summed E-state index contributed by atoms with van der Waals surface area (Å²) in [6.07, 6.45) is 4.39. The van der Waals surface area contributed by atoms with E-state index in [0.717, 1.165) is 36.1 Å². The molecule has 0 saturated heterocycles. The van der Waals surface area contributed by atoms with Crippen molar-refractivity contribution in [2.45, 2.75) is 50.7 Å². The van der Waals surface area contributed by atoms with E-state index in [1.54, 1.807) is 42.6 Å². The summed E-state index contributed by atoms with van der Waals surface area (Å²) in [5, 5.41) is 5.18. The van der Waals surface area contributed by atoms with Gasteiger partial charge in [0.15, 0.2) is 11.5 Å². The number of nitrogens with zero attached hydrogens (tertiary/aromatic N) is 1. The minimum absolute atomic E-state index is 0.0994. The Morgan fingerprint density at radius 2 is 1.74 bits per heavy atom. The molecule has 0 spiro atoms. The molecule has 2 aromatic carbocycles. The zero-order chi connectivity index (χ0) is 24.6. The van der Waals surface area contributed by atoms with Crippen LogP contribution in [0.15, 0.2) is 66.0 Å². The summed E-state index contributed by atoms with van der Waals surface area (Å²) < 4.78 is 10.9. The number of carbonyl (C=O) groups excluding carboxylic acids is 2. The molecule has 184 valence electrons. The molecule has 35 heavy (non-hydrogen) atoms. The highest BCUT2D eigenvalue weighted by Crippen LogP contribution is 2.34. The Balaban J connectivity index is 1.74. The van der Waals surface area contributed by atoms with E-state index in [1.165, 1.54) is 0 Å². The first-order valence-corrected chi connectivity index (χ1v) is 12.8. The van der Waals surface area contributed by atoms with Gasteiger partial charge in [0.1, 0.15) is 6.04 Å². The van der Waals surface area contributed by atoms with Gasteiger partial charge >= 0.3 is 0 Å². The molecule has 6 nitrogen and oxygen atoms in total. The second-order valence-electron chi connectivity index (χ2n) is 8.77. The monoisotopic (exact) mass is 492 g/mol. The van der Waals surface area contributed by atoms with Crippen LogP contribution in [0.1, 0.15) is 47.7 Å². The maximum Gasteiger partial charge on any atom is 0.247 e. The lowest BCUT2D eigenvalue weighted by Crippen LogP contribution is -2.46. The molecule has 2 amide bonds. The third-order valence-corrected chi connectivity index (χ3v) is 7.28. The van der Waals surface area contributed by atoms with E-state index < -0.39 is 6.04 Å². The largest absolute Gasteiger partial charge is 0.493 e. The van der Waals surface area contributed by atoms with Crippen LogP contribution < -0.4 is 14.8 Å². The first kappa shape index (κ1) is 24.8. The fraction of sp³-hybridized carbons (Fsp3) is 0.357. The SMILES string of the molecule is COc1ccc([C@@H](C(=O)NC2CCCC2)N(Cc2ccccc2)C(=O)Cc2cccs2)cc1OC. The number of hydrogen-bond donors (Lipinski definition) is 1. The van der Waals surface area contributed by atoms with Crippen LogP contribution in [0.4, 0.5) is 0 Å². The average Bonchev–Trinajstić information content (AvgIpc) is 3.58. The van der Waals surface area contributed by atoms with Crippen LogP contribution in [-0.4, -0.2) is 37.0 Å². The lowest BCUT2D eigenvalue weighted by Gasteiger charge is -2.32. The third-order valence-electron chi connectivity index (χ3n) is 6.41. The molecule has 1 aliphatic rings. The van der Waals surface area contributed by atoms with Crippen LogP contribution in [0.3, 0.4) is 0 Å². The third kappa shape index (κ3) is 6.22. The molecular formula is C28H32N2O4S. The lowest BCUT2D eigenvalue weighted by molar-refractivity contribution is -0.141. The van der Waals surface area contributed by atoms with Crippen LogP contribution in [0, 0.1) is 0 Å². The number of methoxy groups -OCH3 is 2. The number of nitrogens with one attached hydrogen (secondary N) is 1. The van der Waals surface area contributed by atoms with E-state index in [-0.39, 0.29) is 24.3 Å². The van der Waals surface area contributed by atoms with Crippen molar-refractivity contribution in [3.63, 3.8) is 0 Å². The molecule has 7 heteroatoms. The van der Waals surface area contributed by atoms with Gasteiger partial charge in [-0.2, -0.15) is 0 Å². The first-order valence-electron chi connectivity index (χ1n) is 12.0. The summed E-state index contributed by atoms with van der Waals surface area (Å²) in [7, 11) is 3.15. The zero-order valence-corrected chi connectivity index (χ0v) is 21.1. The van der Waals surface area contributed by atoms with Crippen molar-refractivity contribution in [1.82, 2.24) is 10.2 Å². The Bertz CT molecular complexity index is 1110. The second kappa shape index (κ2) is 11.9. The summed E-state index contributed by atoms with van der Waals surface area (Å²) in [6.45, 7) is 0.322. The normalized spacial score (nSPS) is 14.3. The Kier molecular flexibility index (Phi) is 8.42. The molecule has 1 N–H and O–H groups in total. The molecule has 0 aliphatic heterocycles. The molecule has 0 unspecified atom stereocenters. The summed E-state index contributed by atoms with van der Waals surface area (Å²) in [5.74, 6) is 0.831. The van der Waals surface area contributed by atoms with Crippen molar-refractivity contribution in [1.29, 1.82) is 0 Å². The summed E-state index contributed by atoms with van der Waals surface area (Å²) in [5.41, 5.74) is 1.65. The van der Waals surface area contributed by atoms with Gasteiger partial charge in [-0.15, -0.1) is 11.3 Å². The molecule has 1 heterocycles. The molecule has 1 fully saturated rings. The van der Waals surface area contributed by atoms with Gasteiger partial charge in [-0.3, -0.25) is 9.59 Å². The highest BCUT2D eigenvalue weighted by molar-refractivity contribution is 7.10. The molecule has 1 aromatic heterocycles. The number of benzene rings is 2. The number of carbonyl (C=O) groups is 2. The minimum atomic E-state index is -0.803. The van der Waals surface area contributed by atoms with Crippen molar-refractivity contribution in [3.8, 4) is 11.5 Å². The van der Waals surface area contributed by atoms with E-state index in [1.807, 2.05) is 53.9 Å². The Labute approximate surface area is 210 Å². The Morgan fingerprint density at radius 3 is 2.40 bits per heavy atom. The molecule has 4 rings (SSSR count). The fourth-order valence-corrected chi connectivity index (χ4v) is 5.31. The van der Waals surface area contributed by atoms with Crippen LogP contribution in [0.2, 0.25) is 0 Å². The van der Waals surface area contributed by atoms with Crippen LogP contribution >= 0.6 is 11.3 Å². The molecule has 1 aliphatic carbocycles. The number of thiophene rings is 1. The maximum atomic E-state index is 13.8. The van der Waals surface area contributed by atoms with Gasteiger partial charge in [-0.05, 0) is 47.5 Å². The highest BCUT2D eigenvalue weighted by Gasteiger charge is 2.34. The summed E-state index contributed by atoms with van der Waals surface area (Å²) >= 11 is 1.54. The van der Waals surface area contributed by atoms with Gasteiger partial charge in [-0.25, -0.2) is 0 Å². The number of amides is 2. The van der Waals surface area contributed by atoms with Gasteiger partial charge < -0.3 is 19.7 Å². The molecule has 0 bridgehead atoms. The average molecular weight is 493 g/mol. The van der Waals surface area contributed by atoms with Crippen molar-refractivity contribution in [3.05, 3.63) is 82.0 Å². The van der Waals surface area contributed by atoms with Crippen LogP contribution in [-0.2, 0) is 22.6 Å². The fourth-order valence-electron chi connectivity index (χ4n) is 4.61. The number of hydrogen-bond acceptors (Lipinski definition) is 5. The first-order chi connectivity index (χ1) is 17.1. The van der Waals surface area contributed by atoms with Crippen molar-refractivity contribution >= 4 is 23.2 Å². The number of ether oxygens (including phenoxy) is 2. The molecule has 1 saturated carbocycles. The van der Waals surface area contributed by atoms with Gasteiger partial charge in [0, 0.05) is 17.5 Å². The van der Waals surface area contributed by atoms with Crippen molar-refractivity contribution in [2.75, 3.05) is 14.2 Å². The predicted molar refractivity (Wildman–Crippen MR) is 138 cm³/mol. The summed E-state index contributed by atoms with van der Waals surface area (Å²) in [4.78, 5) is 30.2. The Morgan fingerprint density at radius 1 is 1.00 bits per heavy atom. The molecular weight excluding hydrogens is 460 g/mol. The number of rotatable bonds is 10. The van der Waals surface area contributed by atoms with E-state index in [4.69, 9.17) is 9.47 Å². The standard InChI is InChI=1S/C28H32N2O4S/c1-33-24-15-14-21(17-25(24)34-2)27(28(32)29-22-11-6-7-12-22)30(19-20-9-4-3-5-10-20)26(31)18-23-13-8-16-35-23/h3-5,8-10,13-17,22,27H,6-7,11-12,18-19H2,1-2H3,(H,29,32)/t27-/m0/s1. The maximum absolute atomic E-state index is 13.8. The minimum Gasteiger partial charge on any atom is -0.493 e. The van der Waals surface area contributed by atoms with E-state index in [2.05, 4.69) is 5.32 Å². The highest BCUT2D eigenvalue weighted by atomic mass is 32.1. The van der Waals surface area contributed by atoms with Gasteiger partial charge in [-0.1, -0.05) is 55.3 Å². The zero-order valence-electron chi connectivity index (χ0n) is 20.2. The summed E-state index contributed by atoms with van der Waals surface area (Å²) in [6, 6.07) is 18.4. The predicted octanol–water partition coefficient (Wildman–Crippen LogP) is 5.14. The molecule has 1 atom stereocenters. The molecule has 0 radical (unpaired) electrons. The van der Waals surface area contributed by atoms with Crippen LogP contribution in [0.5, 0.6) is 11.5 Å². The van der Waals surface area contributed by atoms with Gasteiger partial charge in [0.25, 0.3) is 0 Å². The van der Waals surface area contributed by atoms with Gasteiger partial charge in [0.2, 0.25) is 11.8 Å².